The van der Waals surface area contributed by atoms with Gasteiger partial charge in [-0.15, -0.1) is 0 Å². The standard InChI is InChI=1S/C16H19N3O3/c1-10-13(14(20)21)9-17-19(10)12-7-5-6-11(8-12)18-15(22)16(2,3)4/h5-9H,1-4H3,(H,18,22)(H,20,21). The van der Waals surface area contributed by atoms with E-state index in [1.54, 1.807) is 31.2 Å². The Balaban J connectivity index is 2.33. The Morgan fingerprint density at radius 1 is 1.27 bits per heavy atom. The minimum Gasteiger partial charge on any atom is -0.478 e. The van der Waals surface area contributed by atoms with Gasteiger partial charge in [-0.2, -0.15) is 5.10 Å². The molecule has 2 rings (SSSR count). The molecule has 2 N–H and O–H groups in total. The third-order valence-corrected chi connectivity index (χ3v) is 3.27. The van der Waals surface area contributed by atoms with Gasteiger partial charge in [-0.3, -0.25) is 4.79 Å². The van der Waals surface area contributed by atoms with Crippen LogP contribution in [0.3, 0.4) is 0 Å². The number of nitrogens with one attached hydrogen (secondary N) is 1. The van der Waals surface area contributed by atoms with E-state index in [0.29, 0.717) is 17.1 Å². The van der Waals surface area contributed by atoms with Crippen molar-refractivity contribution in [1.29, 1.82) is 0 Å². The third-order valence-electron chi connectivity index (χ3n) is 3.27. The van der Waals surface area contributed by atoms with E-state index in [1.165, 1.54) is 10.9 Å². The molecular formula is C16H19N3O3. The normalized spacial score (nSPS) is 11.3. The lowest BCUT2D eigenvalue weighted by Gasteiger charge is -2.18. The maximum absolute atomic E-state index is 12.0. The number of nitrogens with zero attached hydrogens (tertiary/aromatic N) is 2. The summed E-state index contributed by atoms with van der Waals surface area (Å²) >= 11 is 0. The number of carbonyl (C=O) groups excluding carboxylic acids is 1. The van der Waals surface area contributed by atoms with Crippen molar-refractivity contribution in [2.45, 2.75) is 27.7 Å². The Hall–Kier alpha value is -2.63. The fourth-order valence-corrected chi connectivity index (χ4v) is 1.91. The van der Waals surface area contributed by atoms with E-state index in [9.17, 15) is 9.59 Å². The minimum atomic E-state index is -1.01. The van der Waals surface area contributed by atoms with Gasteiger partial charge >= 0.3 is 5.97 Å². The first kappa shape index (κ1) is 15.8. The van der Waals surface area contributed by atoms with E-state index < -0.39 is 11.4 Å². The number of aromatic nitrogens is 2. The summed E-state index contributed by atoms with van der Waals surface area (Å²) in [5.41, 5.74) is 1.53. The SMILES string of the molecule is Cc1c(C(=O)O)cnn1-c1cccc(NC(=O)C(C)(C)C)c1. The zero-order valence-electron chi connectivity index (χ0n) is 13.0. The number of hydrogen-bond acceptors (Lipinski definition) is 3. The smallest absolute Gasteiger partial charge is 0.339 e. The Labute approximate surface area is 128 Å². The van der Waals surface area contributed by atoms with Crippen molar-refractivity contribution < 1.29 is 14.7 Å². The quantitative estimate of drug-likeness (QED) is 0.913. The monoisotopic (exact) mass is 301 g/mol. The second kappa shape index (κ2) is 5.63. The maximum Gasteiger partial charge on any atom is 0.339 e. The number of carboxylic acids is 1. The number of rotatable bonds is 3. The van der Waals surface area contributed by atoms with Crippen molar-refractivity contribution in [3.05, 3.63) is 41.7 Å². The molecule has 0 unspecified atom stereocenters. The molecule has 1 heterocycles. The molecule has 0 saturated heterocycles. The van der Waals surface area contributed by atoms with Crippen LogP contribution in [0.25, 0.3) is 5.69 Å². The van der Waals surface area contributed by atoms with Gasteiger partial charge in [0.05, 0.1) is 17.6 Å². The molecule has 116 valence electrons. The second-order valence-electron chi connectivity index (χ2n) is 6.12. The minimum absolute atomic E-state index is 0.0898. The zero-order chi connectivity index (χ0) is 16.5. The Morgan fingerprint density at radius 2 is 1.95 bits per heavy atom. The van der Waals surface area contributed by atoms with Crippen LogP contribution in [-0.2, 0) is 4.79 Å². The Kier molecular flexibility index (Phi) is 4.03. The number of carbonyl (C=O) groups is 2. The van der Waals surface area contributed by atoms with Gasteiger partial charge in [0.15, 0.2) is 0 Å². The predicted octanol–water partition coefficient (Wildman–Crippen LogP) is 2.86. The number of anilines is 1. The summed E-state index contributed by atoms with van der Waals surface area (Å²) in [7, 11) is 0. The van der Waals surface area contributed by atoms with Crippen molar-refractivity contribution in [1.82, 2.24) is 9.78 Å². The van der Waals surface area contributed by atoms with E-state index in [1.807, 2.05) is 20.8 Å². The van der Waals surface area contributed by atoms with Crippen LogP contribution in [-0.4, -0.2) is 26.8 Å². The highest BCUT2D eigenvalue weighted by molar-refractivity contribution is 5.94. The van der Waals surface area contributed by atoms with E-state index in [4.69, 9.17) is 5.11 Å². The number of hydrogen-bond donors (Lipinski definition) is 2. The number of aromatic carboxylic acids is 1. The summed E-state index contributed by atoms with van der Waals surface area (Å²) in [6.07, 6.45) is 1.32. The first-order valence-corrected chi connectivity index (χ1v) is 6.90. The molecule has 0 saturated carbocycles. The van der Waals surface area contributed by atoms with Crippen molar-refractivity contribution in [2.75, 3.05) is 5.32 Å². The molecule has 6 heteroatoms. The highest BCUT2D eigenvalue weighted by Crippen LogP contribution is 2.21. The van der Waals surface area contributed by atoms with E-state index >= 15 is 0 Å². The van der Waals surface area contributed by atoms with Gasteiger partial charge in [0.25, 0.3) is 0 Å². The van der Waals surface area contributed by atoms with Gasteiger partial charge in [0.1, 0.15) is 5.56 Å². The average Bonchev–Trinajstić information content (AvgIpc) is 2.80. The summed E-state index contributed by atoms with van der Waals surface area (Å²) in [6.45, 7) is 7.20. The Bertz CT molecular complexity index is 726. The Morgan fingerprint density at radius 3 is 2.50 bits per heavy atom. The fourth-order valence-electron chi connectivity index (χ4n) is 1.91. The number of carboxylic acid groups (broad SMARTS) is 1. The van der Waals surface area contributed by atoms with Crippen LogP contribution in [0.2, 0.25) is 0 Å². The molecule has 0 aliphatic heterocycles. The van der Waals surface area contributed by atoms with Crippen molar-refractivity contribution >= 4 is 17.6 Å². The highest BCUT2D eigenvalue weighted by Gasteiger charge is 2.21. The van der Waals surface area contributed by atoms with Crippen LogP contribution in [0, 0.1) is 12.3 Å². The van der Waals surface area contributed by atoms with Crippen LogP contribution in [0.5, 0.6) is 0 Å². The third kappa shape index (κ3) is 3.16. The summed E-state index contributed by atoms with van der Waals surface area (Å²) < 4.78 is 1.54. The van der Waals surface area contributed by atoms with Crippen LogP contribution in [0.1, 0.15) is 36.8 Å². The summed E-state index contributed by atoms with van der Waals surface area (Å²) in [4.78, 5) is 23.1. The molecule has 0 fully saturated rings. The van der Waals surface area contributed by atoms with Gasteiger partial charge < -0.3 is 10.4 Å². The van der Waals surface area contributed by atoms with E-state index in [0.717, 1.165) is 0 Å². The predicted molar refractivity (Wildman–Crippen MR) is 83.3 cm³/mol. The summed E-state index contributed by atoms with van der Waals surface area (Å²) in [5, 5.41) is 16.0. The van der Waals surface area contributed by atoms with Crippen LogP contribution in [0.4, 0.5) is 5.69 Å². The molecule has 0 atom stereocenters. The molecule has 0 bridgehead atoms. The summed E-state index contributed by atoms with van der Waals surface area (Å²) in [5.74, 6) is -1.10. The highest BCUT2D eigenvalue weighted by atomic mass is 16.4. The van der Waals surface area contributed by atoms with Crippen LogP contribution in [0.15, 0.2) is 30.5 Å². The second-order valence-corrected chi connectivity index (χ2v) is 6.12. The van der Waals surface area contributed by atoms with Crippen molar-refractivity contribution in [3.8, 4) is 5.69 Å². The molecule has 0 aliphatic carbocycles. The topological polar surface area (TPSA) is 84.2 Å². The molecule has 2 aromatic rings. The van der Waals surface area contributed by atoms with Gasteiger partial charge in [0, 0.05) is 11.1 Å². The molecule has 1 aromatic carbocycles. The van der Waals surface area contributed by atoms with Crippen molar-refractivity contribution in [3.63, 3.8) is 0 Å². The summed E-state index contributed by atoms with van der Waals surface area (Å²) in [6, 6.07) is 7.13. The van der Waals surface area contributed by atoms with Gasteiger partial charge in [-0.1, -0.05) is 26.8 Å². The first-order valence-electron chi connectivity index (χ1n) is 6.90. The first-order chi connectivity index (χ1) is 10.2. The average molecular weight is 301 g/mol. The largest absolute Gasteiger partial charge is 0.478 e. The van der Waals surface area contributed by atoms with Gasteiger partial charge in [-0.05, 0) is 25.1 Å². The molecular weight excluding hydrogens is 282 g/mol. The molecule has 1 aromatic heterocycles. The lowest BCUT2D eigenvalue weighted by Crippen LogP contribution is -2.27. The maximum atomic E-state index is 12.0. The van der Waals surface area contributed by atoms with Gasteiger partial charge in [0.2, 0.25) is 5.91 Å². The van der Waals surface area contributed by atoms with E-state index in [-0.39, 0.29) is 11.5 Å². The number of amides is 1. The lowest BCUT2D eigenvalue weighted by atomic mass is 9.95. The fraction of sp³-hybridized carbons (Fsp3) is 0.312. The van der Waals surface area contributed by atoms with Crippen LogP contribution >= 0.6 is 0 Å². The molecule has 0 radical (unpaired) electrons. The zero-order valence-corrected chi connectivity index (χ0v) is 13.0. The van der Waals surface area contributed by atoms with E-state index in [2.05, 4.69) is 10.4 Å². The number of benzene rings is 1. The van der Waals surface area contributed by atoms with Crippen LogP contribution < -0.4 is 5.32 Å². The molecule has 6 nitrogen and oxygen atoms in total. The van der Waals surface area contributed by atoms with Crippen molar-refractivity contribution in [2.24, 2.45) is 5.41 Å². The molecule has 22 heavy (non-hydrogen) atoms. The lowest BCUT2D eigenvalue weighted by molar-refractivity contribution is -0.123. The molecule has 1 amide bonds. The molecule has 0 aliphatic rings. The molecule has 0 spiro atoms. The van der Waals surface area contributed by atoms with Gasteiger partial charge in [-0.25, -0.2) is 9.48 Å².